The van der Waals surface area contributed by atoms with Crippen LogP contribution in [0.25, 0.3) is 11.1 Å². The molecule has 0 aliphatic heterocycles. The van der Waals surface area contributed by atoms with Gasteiger partial charge >= 0.3 is 57.1 Å². The number of rotatable bonds is 10. The number of amides is 1. The topological polar surface area (TPSA) is 114 Å². The molecule has 0 aliphatic carbocycles. The van der Waals surface area contributed by atoms with Gasteiger partial charge in [0.15, 0.2) is 5.69 Å². The van der Waals surface area contributed by atoms with Crippen LogP contribution < -0.4 is 82.6 Å². The average molecular weight is 542 g/mol. The molecule has 10 heteroatoms. The summed E-state index contributed by atoms with van der Waals surface area (Å²) in [4.78, 5) is 36.8. The van der Waals surface area contributed by atoms with Gasteiger partial charge in [-0.2, -0.15) is 0 Å². The smallest absolute Gasteiger partial charge is 0.492 e. The van der Waals surface area contributed by atoms with Crippen LogP contribution in [0.4, 0.5) is 0 Å². The van der Waals surface area contributed by atoms with Crippen LogP contribution in [0.3, 0.4) is 0 Å². The summed E-state index contributed by atoms with van der Waals surface area (Å²) in [5.41, 5.74) is 5.51. The van der Waals surface area contributed by atoms with E-state index in [0.29, 0.717) is 25.5 Å². The third-order valence-electron chi connectivity index (χ3n) is 5.71. The Morgan fingerprint density at radius 2 is 1.66 bits per heavy atom. The number of carbonyl (C=O) groups excluding carboxylic acids is 1. The molecule has 0 saturated heterocycles. The zero-order valence-corrected chi connectivity index (χ0v) is 25.1. The van der Waals surface area contributed by atoms with Crippen LogP contribution in [0, 0.1) is 13.8 Å². The Morgan fingerprint density at radius 1 is 0.947 bits per heavy atom. The molecule has 1 aromatic heterocycles. The van der Waals surface area contributed by atoms with E-state index < -0.39 is 11.4 Å². The van der Waals surface area contributed by atoms with Crippen LogP contribution in [0.5, 0.6) is 11.5 Å². The molecule has 1 N–H and O–H groups in total. The van der Waals surface area contributed by atoms with Gasteiger partial charge in [0.1, 0.15) is 24.7 Å². The predicted molar refractivity (Wildman–Crippen MR) is 138 cm³/mol. The molecule has 1 amide bonds. The third kappa shape index (κ3) is 8.05. The molecule has 0 radical (unpaired) electrons. The molecule has 3 aromatic carbocycles. The number of ether oxygens (including phenoxy) is 2. The van der Waals surface area contributed by atoms with Gasteiger partial charge in [-0.25, -0.2) is 4.79 Å². The molecule has 9 nitrogen and oxygen atoms in total. The summed E-state index contributed by atoms with van der Waals surface area (Å²) < 4.78 is 17.4. The average Bonchev–Trinajstić information content (AvgIpc) is 3.17. The van der Waals surface area contributed by atoms with Gasteiger partial charge in [0.05, 0.1) is 6.54 Å². The van der Waals surface area contributed by atoms with E-state index in [2.05, 4.69) is 36.3 Å². The number of hydrogen-bond acceptors (Lipinski definition) is 6. The molecule has 38 heavy (non-hydrogen) atoms. The second-order valence-electron chi connectivity index (χ2n) is 8.68. The van der Waals surface area contributed by atoms with Crippen molar-refractivity contribution in [2.24, 2.45) is 0 Å². The predicted octanol–water partition coefficient (Wildman–Crippen LogP) is 0.189. The summed E-state index contributed by atoms with van der Waals surface area (Å²) in [7, 11) is 0. The van der Waals surface area contributed by atoms with E-state index in [1.54, 1.807) is 24.3 Å². The first kappa shape index (κ1) is 29.7. The SMILES string of the molecule is CC(=O)NCCOc1cc(C)c(-c2cccc(COc3ccc(Cn4oc(=O)[n-]c4=O)cc3)c2)c(C)c1.[K+]. The Bertz CT molecular complexity index is 1480. The molecular weight excluding hydrogens is 513 g/mol. The number of benzene rings is 3. The summed E-state index contributed by atoms with van der Waals surface area (Å²) in [5, 5.41) is 2.72. The second kappa shape index (κ2) is 13.8. The van der Waals surface area contributed by atoms with E-state index >= 15 is 0 Å². The van der Waals surface area contributed by atoms with Crippen molar-refractivity contribution < 1.29 is 70.2 Å². The van der Waals surface area contributed by atoms with Crippen molar-refractivity contribution in [3.05, 3.63) is 104 Å². The van der Waals surface area contributed by atoms with E-state index in [-0.39, 0.29) is 63.8 Å². The van der Waals surface area contributed by atoms with Gasteiger partial charge in [-0.1, -0.05) is 30.3 Å². The summed E-state index contributed by atoms with van der Waals surface area (Å²) in [6.07, 6.45) is 0. The number of aromatic nitrogens is 2. The normalized spacial score (nSPS) is 10.5. The monoisotopic (exact) mass is 541 g/mol. The Balaban J connectivity index is 0.00000400. The molecule has 0 saturated carbocycles. The van der Waals surface area contributed by atoms with Crippen LogP contribution >= 0.6 is 0 Å². The first-order chi connectivity index (χ1) is 17.8. The maximum Gasteiger partial charge on any atom is 1.00 e. The molecule has 0 unspecified atom stereocenters. The van der Waals surface area contributed by atoms with Crippen LogP contribution in [-0.4, -0.2) is 23.8 Å². The van der Waals surface area contributed by atoms with Crippen molar-refractivity contribution >= 4 is 5.91 Å². The second-order valence-corrected chi connectivity index (χ2v) is 8.68. The van der Waals surface area contributed by atoms with Crippen molar-refractivity contribution in [3.63, 3.8) is 0 Å². The van der Waals surface area contributed by atoms with Gasteiger partial charge in [0.2, 0.25) is 5.91 Å². The molecule has 0 spiro atoms. The third-order valence-corrected chi connectivity index (χ3v) is 5.71. The zero-order chi connectivity index (χ0) is 26.4. The summed E-state index contributed by atoms with van der Waals surface area (Å²) in [6.45, 7) is 6.97. The standard InChI is InChI=1S/C28H29N3O6.K/c1-18-13-25(35-12-11-29-20(3)32)14-19(2)26(18)23-6-4-5-22(15-23)17-36-24-9-7-21(8-10-24)16-31-27(33)30-28(34)37-31;/h4-10,13-15H,11-12,16-17H2,1-3H3,(H2,29,30,32,33,34);/q;+1/p-1. The quantitative estimate of drug-likeness (QED) is 0.225. The van der Waals surface area contributed by atoms with E-state index in [4.69, 9.17) is 14.0 Å². The minimum Gasteiger partial charge on any atom is -0.492 e. The van der Waals surface area contributed by atoms with Gasteiger partial charge in [-0.3, -0.25) is 14.3 Å². The number of nitrogens with zero attached hydrogens (tertiary/aromatic N) is 2. The molecule has 1 heterocycles. The van der Waals surface area contributed by atoms with Crippen LogP contribution in [-0.2, 0) is 17.9 Å². The van der Waals surface area contributed by atoms with Crippen LogP contribution in [0.1, 0.15) is 29.2 Å². The van der Waals surface area contributed by atoms with Gasteiger partial charge in [0.25, 0.3) is 0 Å². The fourth-order valence-corrected chi connectivity index (χ4v) is 4.09. The fourth-order valence-electron chi connectivity index (χ4n) is 4.09. The summed E-state index contributed by atoms with van der Waals surface area (Å²) in [5.74, 6) is 0.471. The van der Waals surface area contributed by atoms with E-state index in [9.17, 15) is 14.4 Å². The number of aryl methyl sites for hydroxylation is 2. The van der Waals surface area contributed by atoms with Crippen molar-refractivity contribution in [1.82, 2.24) is 15.0 Å². The van der Waals surface area contributed by atoms with E-state index in [1.165, 1.54) is 6.92 Å². The molecule has 4 rings (SSSR count). The first-order valence-corrected chi connectivity index (χ1v) is 11.8. The number of hydrogen-bond donors (Lipinski definition) is 1. The molecule has 192 valence electrons. The summed E-state index contributed by atoms with van der Waals surface area (Å²) >= 11 is 0. The molecule has 0 atom stereocenters. The van der Waals surface area contributed by atoms with Crippen molar-refractivity contribution in [1.29, 1.82) is 0 Å². The minimum absolute atomic E-state index is 0. The molecule has 0 aliphatic rings. The molecule has 0 fully saturated rings. The molecule has 4 aromatic rings. The Morgan fingerprint density at radius 3 is 2.29 bits per heavy atom. The van der Waals surface area contributed by atoms with E-state index in [0.717, 1.165) is 43.9 Å². The maximum absolute atomic E-state index is 11.5. The van der Waals surface area contributed by atoms with Crippen molar-refractivity contribution in [2.75, 3.05) is 13.2 Å². The molecule has 0 bridgehead atoms. The van der Waals surface area contributed by atoms with Gasteiger partial charge in [-0.05, 0) is 77.6 Å². The van der Waals surface area contributed by atoms with Crippen LogP contribution in [0.2, 0.25) is 0 Å². The Labute approximate surface area is 262 Å². The molecular formula is C28H28KN3O6. The Kier molecular flexibility index (Phi) is 10.7. The van der Waals surface area contributed by atoms with Crippen LogP contribution in [0.15, 0.2) is 74.8 Å². The van der Waals surface area contributed by atoms with Gasteiger partial charge < -0.3 is 24.3 Å². The van der Waals surface area contributed by atoms with Crippen molar-refractivity contribution in [3.8, 4) is 22.6 Å². The van der Waals surface area contributed by atoms with E-state index in [1.807, 2.05) is 24.3 Å². The zero-order valence-electron chi connectivity index (χ0n) is 21.9. The summed E-state index contributed by atoms with van der Waals surface area (Å²) in [6, 6.07) is 19.4. The van der Waals surface area contributed by atoms with Crippen molar-refractivity contribution in [2.45, 2.75) is 33.9 Å². The number of nitrogens with one attached hydrogen (secondary N) is 1. The Hall–Kier alpha value is -2.89. The van der Waals surface area contributed by atoms with Gasteiger partial charge in [-0.15, -0.1) is 0 Å². The minimum atomic E-state index is -0.902. The largest absolute Gasteiger partial charge is 1.00 e. The first-order valence-electron chi connectivity index (χ1n) is 11.8. The maximum atomic E-state index is 11.5. The number of carbonyl (C=O) groups is 1. The fraction of sp³-hybridized carbons (Fsp3) is 0.250. The van der Waals surface area contributed by atoms with Gasteiger partial charge in [0, 0.05) is 13.5 Å².